The number of rotatable bonds is 6. The molecule has 1 heteroatoms. The molecule has 80 valence electrons. The molecule has 0 aromatic heterocycles. The van der Waals surface area contributed by atoms with Crippen molar-refractivity contribution in [1.82, 2.24) is 0 Å². The molecule has 0 aliphatic heterocycles. The van der Waals surface area contributed by atoms with Gasteiger partial charge in [-0.1, -0.05) is 26.7 Å². The van der Waals surface area contributed by atoms with Gasteiger partial charge in [0.15, 0.2) is 0 Å². The number of hydrogen-bond acceptors (Lipinski definition) is 1. The summed E-state index contributed by atoms with van der Waals surface area (Å²) in [7, 11) is 0. The van der Waals surface area contributed by atoms with E-state index in [1.54, 1.807) is 0 Å². The Hall–Kier alpha value is -0.330. The van der Waals surface area contributed by atoms with Gasteiger partial charge >= 0.3 is 0 Å². The Labute approximate surface area is 87.3 Å². The summed E-state index contributed by atoms with van der Waals surface area (Å²) in [6.07, 6.45) is 7.98. The van der Waals surface area contributed by atoms with Crippen LogP contribution in [0.1, 0.15) is 52.4 Å². The van der Waals surface area contributed by atoms with Crippen molar-refractivity contribution in [3.05, 3.63) is 0 Å². The lowest BCUT2D eigenvalue weighted by Gasteiger charge is -2.16. The fraction of sp³-hybridized carbons (Fsp3) is 0.923. The Balaban J connectivity index is 1.82. The summed E-state index contributed by atoms with van der Waals surface area (Å²) in [5.74, 6) is 2.96. The van der Waals surface area contributed by atoms with Crippen LogP contribution >= 0.6 is 0 Å². The van der Waals surface area contributed by atoms with Crippen LogP contribution < -0.4 is 0 Å². The van der Waals surface area contributed by atoms with Crippen LogP contribution in [0.15, 0.2) is 0 Å². The first-order valence-electron chi connectivity index (χ1n) is 6.22. The van der Waals surface area contributed by atoms with Crippen molar-refractivity contribution < 1.29 is 4.79 Å². The van der Waals surface area contributed by atoms with E-state index in [1.165, 1.54) is 38.5 Å². The topological polar surface area (TPSA) is 17.1 Å². The highest BCUT2D eigenvalue weighted by molar-refractivity contribution is 5.83. The second kappa shape index (κ2) is 4.04. The molecule has 0 aromatic carbocycles. The molecular formula is C13H22O. The zero-order chi connectivity index (χ0) is 10.1. The molecule has 2 saturated carbocycles. The fourth-order valence-corrected chi connectivity index (χ4v) is 2.36. The van der Waals surface area contributed by atoms with Crippen molar-refractivity contribution in [1.29, 1.82) is 0 Å². The van der Waals surface area contributed by atoms with Crippen LogP contribution in [0.3, 0.4) is 0 Å². The summed E-state index contributed by atoms with van der Waals surface area (Å²) >= 11 is 0. The highest BCUT2D eigenvalue weighted by atomic mass is 16.1. The maximum atomic E-state index is 12.0. The van der Waals surface area contributed by atoms with E-state index in [9.17, 15) is 4.79 Å². The van der Waals surface area contributed by atoms with Crippen molar-refractivity contribution in [3.63, 3.8) is 0 Å². The molecular weight excluding hydrogens is 172 g/mol. The summed E-state index contributed by atoms with van der Waals surface area (Å²) in [5, 5.41) is 0. The smallest absolute Gasteiger partial charge is 0.138 e. The lowest BCUT2D eigenvalue weighted by Crippen LogP contribution is -2.21. The van der Waals surface area contributed by atoms with E-state index in [4.69, 9.17) is 0 Å². The summed E-state index contributed by atoms with van der Waals surface area (Å²) in [5.41, 5.74) is 0. The Kier molecular flexibility index (Phi) is 2.94. The zero-order valence-corrected chi connectivity index (χ0v) is 9.46. The van der Waals surface area contributed by atoms with Gasteiger partial charge in [-0.15, -0.1) is 0 Å². The summed E-state index contributed by atoms with van der Waals surface area (Å²) in [4.78, 5) is 12.0. The molecule has 1 nitrogen and oxygen atoms in total. The third-order valence-electron chi connectivity index (χ3n) is 3.71. The van der Waals surface area contributed by atoms with E-state index in [-0.39, 0.29) is 5.92 Å². The monoisotopic (exact) mass is 194 g/mol. The predicted octanol–water partition coefficient (Wildman–Crippen LogP) is 3.43. The molecule has 0 radical (unpaired) electrons. The molecule has 14 heavy (non-hydrogen) atoms. The summed E-state index contributed by atoms with van der Waals surface area (Å²) in [6, 6.07) is 0. The third-order valence-corrected chi connectivity index (χ3v) is 3.71. The molecule has 0 saturated heterocycles. The number of hydrogen-bond donors (Lipinski definition) is 0. The van der Waals surface area contributed by atoms with Gasteiger partial charge in [-0.3, -0.25) is 4.79 Å². The molecule has 2 rings (SSSR count). The van der Waals surface area contributed by atoms with Gasteiger partial charge in [-0.05, 0) is 37.5 Å². The summed E-state index contributed by atoms with van der Waals surface area (Å²) in [6.45, 7) is 4.10. The number of ketones is 1. The highest BCUT2D eigenvalue weighted by Crippen LogP contribution is 2.43. The van der Waals surface area contributed by atoms with E-state index >= 15 is 0 Å². The number of Topliss-reactive ketones (excluding diaryl/α,β-unsaturated/α-hetero) is 1. The van der Waals surface area contributed by atoms with E-state index in [1.807, 2.05) is 0 Å². The Bertz CT molecular complexity index is 211. The van der Waals surface area contributed by atoms with Crippen LogP contribution in [0, 0.1) is 23.7 Å². The average molecular weight is 194 g/mol. The minimum Gasteiger partial charge on any atom is -0.299 e. The second-order valence-electron chi connectivity index (χ2n) is 5.52. The van der Waals surface area contributed by atoms with Crippen molar-refractivity contribution in [2.45, 2.75) is 52.4 Å². The van der Waals surface area contributed by atoms with E-state index in [0.29, 0.717) is 11.7 Å². The standard InChI is InChI=1S/C13H22O/c1-9(2)13(14)12(11-6-7-11)8-5-10-3-4-10/h9-12H,3-8H2,1-2H3. The fourth-order valence-electron chi connectivity index (χ4n) is 2.36. The van der Waals surface area contributed by atoms with Gasteiger partial charge in [0.25, 0.3) is 0 Å². The minimum atomic E-state index is 0.250. The Morgan fingerprint density at radius 2 is 1.86 bits per heavy atom. The number of carbonyl (C=O) groups is 1. The van der Waals surface area contributed by atoms with Crippen molar-refractivity contribution in [3.8, 4) is 0 Å². The maximum Gasteiger partial charge on any atom is 0.138 e. The Morgan fingerprint density at radius 1 is 1.21 bits per heavy atom. The first kappa shape index (κ1) is 10.2. The molecule has 2 aliphatic carbocycles. The van der Waals surface area contributed by atoms with Crippen LogP contribution in [0.25, 0.3) is 0 Å². The van der Waals surface area contributed by atoms with Gasteiger partial charge in [0, 0.05) is 11.8 Å². The SMILES string of the molecule is CC(C)C(=O)C(CCC1CC1)C1CC1. The largest absolute Gasteiger partial charge is 0.299 e. The second-order valence-corrected chi connectivity index (χ2v) is 5.52. The van der Waals surface area contributed by atoms with Gasteiger partial charge in [-0.25, -0.2) is 0 Å². The lowest BCUT2D eigenvalue weighted by molar-refractivity contribution is -0.126. The molecule has 2 aliphatic rings. The Morgan fingerprint density at radius 3 is 2.29 bits per heavy atom. The third kappa shape index (κ3) is 2.59. The lowest BCUT2D eigenvalue weighted by atomic mass is 9.87. The highest BCUT2D eigenvalue weighted by Gasteiger charge is 2.37. The van der Waals surface area contributed by atoms with Gasteiger partial charge < -0.3 is 0 Å². The predicted molar refractivity (Wildman–Crippen MR) is 58.0 cm³/mol. The van der Waals surface area contributed by atoms with E-state index < -0.39 is 0 Å². The minimum absolute atomic E-state index is 0.250. The molecule has 0 aromatic rings. The van der Waals surface area contributed by atoms with Gasteiger partial charge in [0.2, 0.25) is 0 Å². The van der Waals surface area contributed by atoms with Crippen molar-refractivity contribution in [2.24, 2.45) is 23.7 Å². The quantitative estimate of drug-likeness (QED) is 0.633. The van der Waals surface area contributed by atoms with E-state index in [0.717, 1.165) is 11.8 Å². The van der Waals surface area contributed by atoms with Gasteiger partial charge in [-0.2, -0.15) is 0 Å². The first-order valence-corrected chi connectivity index (χ1v) is 6.22. The number of carbonyl (C=O) groups excluding carboxylic acids is 1. The van der Waals surface area contributed by atoms with Crippen LogP contribution in [-0.4, -0.2) is 5.78 Å². The van der Waals surface area contributed by atoms with Crippen LogP contribution in [-0.2, 0) is 4.79 Å². The molecule has 2 fully saturated rings. The molecule has 0 N–H and O–H groups in total. The maximum absolute atomic E-state index is 12.0. The van der Waals surface area contributed by atoms with E-state index in [2.05, 4.69) is 13.8 Å². The summed E-state index contributed by atoms with van der Waals surface area (Å²) < 4.78 is 0. The molecule has 1 unspecified atom stereocenters. The van der Waals surface area contributed by atoms with Crippen molar-refractivity contribution >= 4 is 5.78 Å². The molecule has 0 spiro atoms. The molecule has 1 atom stereocenters. The normalized spacial score (nSPS) is 23.9. The van der Waals surface area contributed by atoms with Crippen molar-refractivity contribution in [2.75, 3.05) is 0 Å². The zero-order valence-electron chi connectivity index (χ0n) is 9.46. The van der Waals surface area contributed by atoms with Gasteiger partial charge in [0.1, 0.15) is 5.78 Å². The van der Waals surface area contributed by atoms with Crippen LogP contribution in [0.5, 0.6) is 0 Å². The van der Waals surface area contributed by atoms with Crippen LogP contribution in [0.4, 0.5) is 0 Å². The molecule has 0 amide bonds. The average Bonchev–Trinajstić information content (AvgIpc) is 2.99. The van der Waals surface area contributed by atoms with Crippen LogP contribution in [0.2, 0.25) is 0 Å². The molecule has 0 bridgehead atoms. The molecule has 0 heterocycles. The van der Waals surface area contributed by atoms with Gasteiger partial charge in [0.05, 0.1) is 0 Å². The first-order chi connectivity index (χ1) is 6.68.